The van der Waals surface area contributed by atoms with Crippen molar-refractivity contribution in [1.82, 2.24) is 0 Å². The molecule has 1 N–H and O–H groups in total. The van der Waals surface area contributed by atoms with E-state index in [0.29, 0.717) is 29.7 Å². The van der Waals surface area contributed by atoms with Crippen LogP contribution in [-0.4, -0.2) is 11.7 Å². The number of anilines is 2. The highest BCUT2D eigenvalue weighted by molar-refractivity contribution is 6.11. The molecule has 0 radical (unpaired) electrons. The Morgan fingerprint density at radius 2 is 1.78 bits per heavy atom. The van der Waals surface area contributed by atoms with E-state index in [4.69, 9.17) is 4.42 Å². The van der Waals surface area contributed by atoms with E-state index < -0.39 is 6.04 Å². The van der Waals surface area contributed by atoms with E-state index in [0.717, 1.165) is 22.6 Å². The summed E-state index contributed by atoms with van der Waals surface area (Å²) in [6.45, 7) is 6.19. The topological polar surface area (TPSA) is 62.6 Å². The van der Waals surface area contributed by atoms with Crippen molar-refractivity contribution in [2.45, 2.75) is 39.7 Å². The molecule has 0 spiro atoms. The van der Waals surface area contributed by atoms with Crippen molar-refractivity contribution in [2.75, 3.05) is 10.2 Å². The van der Waals surface area contributed by atoms with Gasteiger partial charge in [0, 0.05) is 23.3 Å². The Balaban J connectivity index is 1.76. The van der Waals surface area contributed by atoms with Crippen molar-refractivity contribution in [3.63, 3.8) is 0 Å². The third kappa shape index (κ3) is 3.44. The largest absolute Gasteiger partial charge is 0.467 e. The monoisotopic (exact) mass is 426 g/mol. The Labute approximate surface area is 187 Å². The lowest BCUT2D eigenvalue weighted by atomic mass is 9.74. The molecule has 2 aliphatic rings. The van der Waals surface area contributed by atoms with Gasteiger partial charge in [0.2, 0.25) is 0 Å². The second-order valence-electron chi connectivity index (χ2n) is 9.43. The number of nitrogens with zero attached hydrogens (tertiary/aromatic N) is 1. The Morgan fingerprint density at radius 3 is 2.50 bits per heavy atom. The fourth-order valence-corrected chi connectivity index (χ4v) is 4.76. The molecule has 32 heavy (non-hydrogen) atoms. The number of Topliss-reactive ketones (excluding diaryl/α,β-unsaturated/α-hetero) is 1. The van der Waals surface area contributed by atoms with Crippen LogP contribution in [0.5, 0.6) is 0 Å². The SMILES string of the molecule is Cc1ccc(C(=O)N2c3ccccc3NC3=C(C(=O)CC(C)(C)C3)C2c2ccco2)cc1. The molecule has 2 aromatic carbocycles. The number of para-hydroxylation sites is 2. The fraction of sp³-hybridized carbons (Fsp3) is 0.259. The Hall–Kier alpha value is -3.60. The van der Waals surface area contributed by atoms with Gasteiger partial charge in [0.05, 0.1) is 17.6 Å². The van der Waals surface area contributed by atoms with Crippen LogP contribution in [0.25, 0.3) is 0 Å². The van der Waals surface area contributed by atoms with Gasteiger partial charge < -0.3 is 9.73 Å². The van der Waals surface area contributed by atoms with Gasteiger partial charge in [-0.2, -0.15) is 0 Å². The molecular weight excluding hydrogens is 400 g/mol. The van der Waals surface area contributed by atoms with Crippen molar-refractivity contribution in [3.8, 4) is 0 Å². The van der Waals surface area contributed by atoms with Crippen LogP contribution >= 0.6 is 0 Å². The second-order valence-corrected chi connectivity index (χ2v) is 9.43. The normalized spacial score (nSPS) is 19.7. The van der Waals surface area contributed by atoms with E-state index in [1.165, 1.54) is 0 Å². The average molecular weight is 427 g/mol. The van der Waals surface area contributed by atoms with Crippen molar-refractivity contribution in [2.24, 2.45) is 5.41 Å². The quantitative estimate of drug-likeness (QED) is 0.542. The smallest absolute Gasteiger partial charge is 0.259 e. The highest BCUT2D eigenvalue weighted by atomic mass is 16.3. The molecule has 0 fully saturated rings. The summed E-state index contributed by atoms with van der Waals surface area (Å²) in [5.41, 5.74) is 4.47. The predicted octanol–water partition coefficient (Wildman–Crippen LogP) is 6.04. The van der Waals surface area contributed by atoms with Gasteiger partial charge in [-0.05, 0) is 55.2 Å². The molecule has 0 bridgehead atoms. The number of furan rings is 1. The number of hydrogen-bond donors (Lipinski definition) is 1. The van der Waals surface area contributed by atoms with E-state index >= 15 is 0 Å². The van der Waals surface area contributed by atoms with Gasteiger partial charge in [0.1, 0.15) is 11.8 Å². The molecule has 1 aliphatic heterocycles. The van der Waals surface area contributed by atoms with Crippen LogP contribution in [0.2, 0.25) is 0 Å². The first-order chi connectivity index (χ1) is 15.3. The van der Waals surface area contributed by atoms with E-state index in [-0.39, 0.29) is 17.1 Å². The Morgan fingerprint density at radius 1 is 1.03 bits per heavy atom. The molecule has 3 aromatic rings. The van der Waals surface area contributed by atoms with Crippen molar-refractivity contribution >= 4 is 23.1 Å². The summed E-state index contributed by atoms with van der Waals surface area (Å²) in [6, 6.07) is 18.2. The molecule has 1 aliphatic carbocycles. The molecule has 1 atom stereocenters. The summed E-state index contributed by atoms with van der Waals surface area (Å²) in [7, 11) is 0. The number of rotatable bonds is 2. The van der Waals surface area contributed by atoms with Gasteiger partial charge in [0.15, 0.2) is 5.78 Å². The summed E-state index contributed by atoms with van der Waals surface area (Å²) in [5.74, 6) is 0.441. The lowest BCUT2D eigenvalue weighted by Crippen LogP contribution is -2.39. The maximum atomic E-state index is 14.0. The van der Waals surface area contributed by atoms with Crippen molar-refractivity contribution < 1.29 is 14.0 Å². The zero-order valence-corrected chi connectivity index (χ0v) is 18.5. The zero-order chi connectivity index (χ0) is 22.5. The maximum Gasteiger partial charge on any atom is 0.259 e. The van der Waals surface area contributed by atoms with E-state index in [9.17, 15) is 9.59 Å². The minimum atomic E-state index is -0.645. The van der Waals surface area contributed by atoms with Crippen LogP contribution in [0.3, 0.4) is 0 Å². The molecule has 0 saturated heterocycles. The summed E-state index contributed by atoms with van der Waals surface area (Å²) < 4.78 is 5.82. The number of hydrogen-bond acceptors (Lipinski definition) is 4. The number of benzene rings is 2. The lowest BCUT2D eigenvalue weighted by Gasteiger charge is -2.36. The van der Waals surface area contributed by atoms with Crippen LogP contribution in [-0.2, 0) is 4.79 Å². The molecule has 1 aromatic heterocycles. The standard InChI is InChI=1S/C27H26N2O3/c1-17-10-12-18(13-11-17)26(31)29-21-8-5-4-7-19(21)28-20-15-27(2,3)16-22(30)24(20)25(29)23-9-6-14-32-23/h4-14,25,28H,15-16H2,1-3H3. The maximum absolute atomic E-state index is 14.0. The Bertz CT molecular complexity index is 1220. The molecular formula is C27H26N2O3. The first-order valence-electron chi connectivity index (χ1n) is 10.9. The minimum Gasteiger partial charge on any atom is -0.467 e. The van der Waals surface area contributed by atoms with E-state index in [1.807, 2.05) is 61.5 Å². The predicted molar refractivity (Wildman–Crippen MR) is 125 cm³/mol. The summed E-state index contributed by atoms with van der Waals surface area (Å²) >= 11 is 0. The zero-order valence-electron chi connectivity index (χ0n) is 18.5. The summed E-state index contributed by atoms with van der Waals surface area (Å²) in [4.78, 5) is 29.2. The molecule has 162 valence electrons. The van der Waals surface area contributed by atoms with Crippen LogP contribution in [0.15, 0.2) is 82.6 Å². The van der Waals surface area contributed by atoms with Crippen molar-refractivity contribution in [1.29, 1.82) is 0 Å². The van der Waals surface area contributed by atoms with Crippen LogP contribution in [0.1, 0.15) is 54.4 Å². The number of nitrogens with one attached hydrogen (secondary N) is 1. The second kappa shape index (κ2) is 7.52. The number of allylic oxidation sites excluding steroid dienone is 1. The minimum absolute atomic E-state index is 0.0414. The number of carbonyl (C=O) groups excluding carboxylic acids is 2. The van der Waals surface area contributed by atoms with E-state index in [1.54, 1.807) is 17.2 Å². The fourth-order valence-electron chi connectivity index (χ4n) is 4.76. The van der Waals surface area contributed by atoms with Crippen LogP contribution in [0.4, 0.5) is 11.4 Å². The molecule has 0 saturated carbocycles. The molecule has 2 heterocycles. The van der Waals surface area contributed by atoms with Gasteiger partial charge in [-0.15, -0.1) is 0 Å². The lowest BCUT2D eigenvalue weighted by molar-refractivity contribution is -0.118. The van der Waals surface area contributed by atoms with Crippen LogP contribution in [0, 0.1) is 12.3 Å². The third-order valence-corrected chi connectivity index (χ3v) is 6.23. The highest BCUT2D eigenvalue weighted by Gasteiger charge is 2.44. The van der Waals surface area contributed by atoms with Gasteiger partial charge in [-0.25, -0.2) is 0 Å². The third-order valence-electron chi connectivity index (χ3n) is 6.23. The van der Waals surface area contributed by atoms with Gasteiger partial charge in [-0.1, -0.05) is 43.7 Å². The van der Waals surface area contributed by atoms with Gasteiger partial charge >= 0.3 is 0 Å². The van der Waals surface area contributed by atoms with Gasteiger partial charge in [-0.3, -0.25) is 14.5 Å². The summed E-state index contributed by atoms with van der Waals surface area (Å²) in [5, 5.41) is 3.51. The number of fused-ring (bicyclic) bond motifs is 1. The highest BCUT2D eigenvalue weighted by Crippen LogP contribution is 2.48. The number of aryl methyl sites for hydroxylation is 1. The molecule has 5 nitrogen and oxygen atoms in total. The number of carbonyl (C=O) groups is 2. The van der Waals surface area contributed by atoms with E-state index in [2.05, 4.69) is 19.2 Å². The Kier molecular flexibility index (Phi) is 4.77. The summed E-state index contributed by atoms with van der Waals surface area (Å²) in [6.07, 6.45) is 2.73. The first kappa shape index (κ1) is 20.3. The van der Waals surface area contributed by atoms with Crippen molar-refractivity contribution in [3.05, 3.63) is 95.1 Å². The molecule has 5 heteroatoms. The molecule has 1 unspecified atom stereocenters. The van der Waals surface area contributed by atoms with Crippen LogP contribution < -0.4 is 10.2 Å². The molecule has 5 rings (SSSR count). The first-order valence-corrected chi connectivity index (χ1v) is 10.9. The van der Waals surface area contributed by atoms with Gasteiger partial charge in [0.25, 0.3) is 5.91 Å². The number of ketones is 1. The molecule has 1 amide bonds. The number of amides is 1. The average Bonchev–Trinajstić information content (AvgIpc) is 3.23.